The predicted molar refractivity (Wildman–Crippen MR) is 75.3 cm³/mol. The fraction of sp³-hybridized carbons (Fsp3) is 0.400. The smallest absolute Gasteiger partial charge is 0.312 e. The second-order valence-corrected chi connectivity index (χ2v) is 4.52. The van der Waals surface area contributed by atoms with Crippen LogP contribution in [0.4, 0.5) is 0 Å². The fourth-order valence-electron chi connectivity index (χ4n) is 1.67. The molecule has 0 aliphatic carbocycles. The number of rotatable bonds is 9. The Morgan fingerprint density at radius 1 is 1.42 bits per heavy atom. The van der Waals surface area contributed by atoms with Gasteiger partial charge in [0.15, 0.2) is 0 Å². The van der Waals surface area contributed by atoms with Crippen molar-refractivity contribution < 1.29 is 14.6 Å². The normalized spacial score (nSPS) is 12.1. The van der Waals surface area contributed by atoms with Crippen LogP contribution in [0.1, 0.15) is 18.4 Å². The largest absolute Gasteiger partial charge is 0.481 e. The molecule has 2 N–H and O–H groups in total. The highest BCUT2D eigenvalue weighted by molar-refractivity contribution is 5.76. The zero-order chi connectivity index (χ0) is 14.1. The summed E-state index contributed by atoms with van der Waals surface area (Å²) in [5, 5.41) is 12.3. The Bertz CT molecular complexity index is 403. The molecule has 0 aliphatic heterocycles. The summed E-state index contributed by atoms with van der Waals surface area (Å²) in [5.41, 5.74) is 1.79. The maximum atomic E-state index is 11.2. The molecule has 0 heterocycles. The zero-order valence-corrected chi connectivity index (χ0v) is 11.3. The van der Waals surface area contributed by atoms with Crippen LogP contribution >= 0.6 is 0 Å². The van der Waals surface area contributed by atoms with Gasteiger partial charge in [-0.3, -0.25) is 4.79 Å². The van der Waals surface area contributed by atoms with Crippen molar-refractivity contribution in [2.75, 3.05) is 26.3 Å². The number of nitrogens with one attached hydrogen (secondary N) is 1. The van der Waals surface area contributed by atoms with Gasteiger partial charge < -0.3 is 15.2 Å². The first-order valence-electron chi connectivity index (χ1n) is 6.32. The Balaban J connectivity index is 2.32. The van der Waals surface area contributed by atoms with Crippen LogP contribution in [0, 0.1) is 0 Å². The molecule has 0 aliphatic rings. The van der Waals surface area contributed by atoms with Crippen LogP contribution in [-0.4, -0.2) is 37.4 Å². The van der Waals surface area contributed by atoms with Gasteiger partial charge in [0, 0.05) is 13.1 Å². The van der Waals surface area contributed by atoms with Gasteiger partial charge in [-0.05, 0) is 12.5 Å². The van der Waals surface area contributed by atoms with Crippen molar-refractivity contribution in [3.8, 4) is 0 Å². The lowest BCUT2D eigenvalue weighted by atomic mass is 9.99. The molecule has 0 saturated heterocycles. The molecule has 1 rings (SSSR count). The highest BCUT2D eigenvalue weighted by Gasteiger charge is 2.18. The summed E-state index contributed by atoms with van der Waals surface area (Å²) in [4.78, 5) is 11.2. The molecule has 4 heteroatoms. The first-order chi connectivity index (χ1) is 9.11. The topological polar surface area (TPSA) is 58.6 Å². The van der Waals surface area contributed by atoms with Crippen molar-refractivity contribution >= 4 is 5.97 Å². The molecule has 1 aromatic carbocycles. The molecular formula is C15H21NO3. The molecule has 0 spiro atoms. The summed E-state index contributed by atoms with van der Waals surface area (Å²) in [6.07, 6.45) is 0. The molecule has 0 aromatic heterocycles. The van der Waals surface area contributed by atoms with Gasteiger partial charge in [-0.1, -0.05) is 42.5 Å². The van der Waals surface area contributed by atoms with E-state index in [1.165, 1.54) is 0 Å². The van der Waals surface area contributed by atoms with Crippen LogP contribution in [0.5, 0.6) is 0 Å². The summed E-state index contributed by atoms with van der Waals surface area (Å²) < 4.78 is 5.33. The number of hydrogen-bond donors (Lipinski definition) is 2. The molecule has 0 bridgehead atoms. The minimum absolute atomic E-state index is 0.399. The number of carbonyl (C=O) groups is 1. The van der Waals surface area contributed by atoms with Crippen LogP contribution in [0.2, 0.25) is 0 Å². The van der Waals surface area contributed by atoms with Crippen molar-refractivity contribution in [1.29, 1.82) is 0 Å². The van der Waals surface area contributed by atoms with Gasteiger partial charge in [0.1, 0.15) is 0 Å². The Kier molecular flexibility index (Phi) is 6.85. The molecule has 1 atom stereocenters. The number of carboxylic acids is 1. The van der Waals surface area contributed by atoms with E-state index in [0.29, 0.717) is 26.3 Å². The summed E-state index contributed by atoms with van der Waals surface area (Å²) in [6, 6.07) is 9.24. The average Bonchev–Trinajstić information content (AvgIpc) is 2.38. The van der Waals surface area contributed by atoms with Gasteiger partial charge in [0.2, 0.25) is 0 Å². The SMILES string of the molecule is C=C(C)COCCNCC(C(=O)O)c1ccccc1. The van der Waals surface area contributed by atoms with Gasteiger partial charge in [-0.15, -0.1) is 0 Å². The van der Waals surface area contributed by atoms with Gasteiger partial charge in [-0.2, -0.15) is 0 Å². The van der Waals surface area contributed by atoms with E-state index >= 15 is 0 Å². The minimum atomic E-state index is -0.818. The monoisotopic (exact) mass is 263 g/mol. The number of ether oxygens (including phenoxy) is 1. The van der Waals surface area contributed by atoms with E-state index in [1.54, 1.807) is 0 Å². The van der Waals surface area contributed by atoms with Crippen LogP contribution in [0.15, 0.2) is 42.5 Å². The highest BCUT2D eigenvalue weighted by atomic mass is 16.5. The summed E-state index contributed by atoms with van der Waals surface area (Å²) >= 11 is 0. The first-order valence-corrected chi connectivity index (χ1v) is 6.32. The number of hydrogen-bond acceptors (Lipinski definition) is 3. The van der Waals surface area contributed by atoms with E-state index in [-0.39, 0.29) is 0 Å². The third-order valence-corrected chi connectivity index (χ3v) is 2.62. The third kappa shape index (κ3) is 6.18. The van der Waals surface area contributed by atoms with Gasteiger partial charge in [-0.25, -0.2) is 0 Å². The molecule has 0 radical (unpaired) electrons. The van der Waals surface area contributed by atoms with Crippen molar-refractivity contribution in [3.63, 3.8) is 0 Å². The lowest BCUT2D eigenvalue weighted by molar-refractivity contribution is -0.138. The maximum Gasteiger partial charge on any atom is 0.312 e. The van der Waals surface area contributed by atoms with E-state index in [1.807, 2.05) is 37.3 Å². The van der Waals surface area contributed by atoms with Crippen LogP contribution < -0.4 is 5.32 Å². The van der Waals surface area contributed by atoms with Gasteiger partial charge >= 0.3 is 5.97 Å². The van der Waals surface area contributed by atoms with E-state index in [2.05, 4.69) is 11.9 Å². The van der Waals surface area contributed by atoms with E-state index in [4.69, 9.17) is 4.74 Å². The first kappa shape index (κ1) is 15.4. The maximum absolute atomic E-state index is 11.2. The summed E-state index contributed by atoms with van der Waals surface area (Å²) in [5.74, 6) is -1.34. The van der Waals surface area contributed by atoms with Crippen LogP contribution in [-0.2, 0) is 9.53 Å². The van der Waals surface area contributed by atoms with Crippen LogP contribution in [0.25, 0.3) is 0 Å². The van der Waals surface area contributed by atoms with Gasteiger partial charge in [0.05, 0.1) is 19.1 Å². The average molecular weight is 263 g/mol. The highest BCUT2D eigenvalue weighted by Crippen LogP contribution is 2.14. The Morgan fingerprint density at radius 3 is 2.68 bits per heavy atom. The molecule has 4 nitrogen and oxygen atoms in total. The molecule has 0 saturated carbocycles. The van der Waals surface area contributed by atoms with E-state index < -0.39 is 11.9 Å². The Morgan fingerprint density at radius 2 is 2.11 bits per heavy atom. The fourth-order valence-corrected chi connectivity index (χ4v) is 1.67. The quantitative estimate of drug-likeness (QED) is 0.529. The second-order valence-electron chi connectivity index (χ2n) is 4.52. The predicted octanol–water partition coefficient (Wildman–Crippen LogP) is 2.04. The molecular weight excluding hydrogens is 242 g/mol. The lowest BCUT2D eigenvalue weighted by Crippen LogP contribution is -2.29. The van der Waals surface area contributed by atoms with Crippen molar-refractivity contribution in [1.82, 2.24) is 5.32 Å². The van der Waals surface area contributed by atoms with Gasteiger partial charge in [0.25, 0.3) is 0 Å². The van der Waals surface area contributed by atoms with Crippen molar-refractivity contribution in [3.05, 3.63) is 48.0 Å². The standard InChI is InChI=1S/C15H21NO3/c1-12(2)11-19-9-8-16-10-14(15(17)18)13-6-4-3-5-7-13/h3-7,14,16H,1,8-11H2,2H3,(H,17,18). The molecule has 19 heavy (non-hydrogen) atoms. The molecule has 0 amide bonds. The Labute approximate surface area is 114 Å². The Hall–Kier alpha value is -1.65. The summed E-state index contributed by atoms with van der Waals surface area (Å²) in [7, 11) is 0. The summed E-state index contributed by atoms with van der Waals surface area (Å²) in [6.45, 7) is 7.77. The number of aliphatic carboxylic acids is 1. The third-order valence-electron chi connectivity index (χ3n) is 2.62. The molecule has 1 unspecified atom stereocenters. The van der Waals surface area contributed by atoms with Crippen molar-refractivity contribution in [2.24, 2.45) is 0 Å². The van der Waals surface area contributed by atoms with E-state index in [9.17, 15) is 9.90 Å². The zero-order valence-electron chi connectivity index (χ0n) is 11.3. The second kappa shape index (κ2) is 8.45. The molecule has 1 aromatic rings. The van der Waals surface area contributed by atoms with Crippen molar-refractivity contribution in [2.45, 2.75) is 12.8 Å². The minimum Gasteiger partial charge on any atom is -0.481 e. The van der Waals surface area contributed by atoms with Crippen LogP contribution in [0.3, 0.4) is 0 Å². The number of benzene rings is 1. The van der Waals surface area contributed by atoms with E-state index in [0.717, 1.165) is 11.1 Å². The number of carboxylic acid groups (broad SMARTS) is 1. The lowest BCUT2D eigenvalue weighted by Gasteiger charge is -2.13. The molecule has 0 fully saturated rings. The molecule has 104 valence electrons.